The molecule has 25 heavy (non-hydrogen) atoms. The van der Waals surface area contributed by atoms with Crippen LogP contribution in [-0.4, -0.2) is 24.1 Å². The highest BCUT2D eigenvalue weighted by Gasteiger charge is 2.20. The van der Waals surface area contributed by atoms with Crippen molar-refractivity contribution in [3.8, 4) is 0 Å². The van der Waals surface area contributed by atoms with Crippen LogP contribution in [0.3, 0.4) is 0 Å². The van der Waals surface area contributed by atoms with Crippen LogP contribution in [0.25, 0.3) is 0 Å². The molecular formula is C20H24ClN3O. The average molecular weight is 358 g/mol. The Morgan fingerprint density at radius 1 is 1.12 bits per heavy atom. The predicted molar refractivity (Wildman–Crippen MR) is 103 cm³/mol. The van der Waals surface area contributed by atoms with Gasteiger partial charge in [0.1, 0.15) is 6.61 Å². The Labute approximate surface area is 154 Å². The van der Waals surface area contributed by atoms with Gasteiger partial charge in [-0.1, -0.05) is 55.8 Å². The topological polar surface area (TPSA) is 36.9 Å². The SMILES string of the molecule is CCc1cc(Cl)cc(CC)c1/N=C1\NCCN1OCc1ccccc1. The van der Waals surface area contributed by atoms with Gasteiger partial charge < -0.3 is 5.32 Å². The van der Waals surface area contributed by atoms with Crippen LogP contribution in [0, 0.1) is 0 Å². The lowest BCUT2D eigenvalue weighted by molar-refractivity contribution is -0.102. The number of aryl methyl sites for hydroxylation is 2. The Kier molecular flexibility index (Phi) is 5.95. The number of guanidine groups is 1. The summed E-state index contributed by atoms with van der Waals surface area (Å²) in [6.45, 7) is 6.39. The molecule has 2 aromatic carbocycles. The van der Waals surface area contributed by atoms with Gasteiger partial charge in [0, 0.05) is 11.6 Å². The number of nitrogens with one attached hydrogen (secondary N) is 1. The largest absolute Gasteiger partial charge is 0.352 e. The lowest BCUT2D eigenvalue weighted by Crippen LogP contribution is -2.30. The molecule has 5 heteroatoms. The van der Waals surface area contributed by atoms with E-state index < -0.39 is 0 Å². The van der Waals surface area contributed by atoms with Gasteiger partial charge in [0.05, 0.1) is 12.2 Å². The van der Waals surface area contributed by atoms with Crippen LogP contribution < -0.4 is 5.32 Å². The molecule has 4 nitrogen and oxygen atoms in total. The molecule has 0 spiro atoms. The maximum absolute atomic E-state index is 6.24. The average Bonchev–Trinajstić information content (AvgIpc) is 3.09. The minimum atomic E-state index is 0.531. The van der Waals surface area contributed by atoms with E-state index in [1.807, 2.05) is 35.4 Å². The zero-order valence-corrected chi connectivity index (χ0v) is 15.5. The van der Waals surface area contributed by atoms with Gasteiger partial charge in [-0.15, -0.1) is 0 Å². The molecule has 1 fully saturated rings. The fourth-order valence-corrected chi connectivity index (χ4v) is 3.18. The Hall–Kier alpha value is -2.04. The molecule has 0 unspecified atom stereocenters. The first-order valence-electron chi connectivity index (χ1n) is 8.79. The number of rotatable bonds is 6. The molecule has 1 saturated heterocycles. The second kappa shape index (κ2) is 8.37. The highest BCUT2D eigenvalue weighted by atomic mass is 35.5. The van der Waals surface area contributed by atoms with Crippen LogP contribution in [0.15, 0.2) is 47.5 Å². The Bertz CT molecular complexity index is 721. The van der Waals surface area contributed by atoms with Crippen LogP contribution in [0.1, 0.15) is 30.5 Å². The predicted octanol–water partition coefficient (Wildman–Crippen LogP) is 4.49. The van der Waals surface area contributed by atoms with Gasteiger partial charge >= 0.3 is 0 Å². The van der Waals surface area contributed by atoms with Crippen molar-refractivity contribution in [1.29, 1.82) is 0 Å². The van der Waals surface area contributed by atoms with E-state index in [2.05, 4.69) is 31.3 Å². The molecule has 3 rings (SSSR count). The van der Waals surface area contributed by atoms with E-state index in [0.717, 1.165) is 59.3 Å². The molecule has 0 bridgehead atoms. The van der Waals surface area contributed by atoms with Gasteiger partial charge in [-0.25, -0.2) is 10.1 Å². The lowest BCUT2D eigenvalue weighted by atomic mass is 10.0. The molecule has 1 heterocycles. The Morgan fingerprint density at radius 2 is 1.80 bits per heavy atom. The zero-order chi connectivity index (χ0) is 17.6. The van der Waals surface area contributed by atoms with E-state index in [1.165, 1.54) is 0 Å². The number of hydroxylamine groups is 2. The molecule has 1 aliphatic heterocycles. The minimum absolute atomic E-state index is 0.531. The number of benzene rings is 2. The third kappa shape index (κ3) is 4.33. The minimum Gasteiger partial charge on any atom is -0.352 e. The number of nitrogens with zero attached hydrogens (tertiary/aromatic N) is 2. The highest BCUT2D eigenvalue weighted by molar-refractivity contribution is 6.30. The summed E-state index contributed by atoms with van der Waals surface area (Å²) in [5.74, 6) is 0.766. The van der Waals surface area contributed by atoms with Crippen molar-refractivity contribution in [3.63, 3.8) is 0 Å². The van der Waals surface area contributed by atoms with Gasteiger partial charge in [0.2, 0.25) is 5.96 Å². The molecule has 0 amide bonds. The quantitative estimate of drug-likeness (QED) is 0.827. The fourth-order valence-electron chi connectivity index (χ4n) is 2.92. The summed E-state index contributed by atoms with van der Waals surface area (Å²) in [5.41, 5.74) is 4.47. The maximum atomic E-state index is 6.24. The Balaban J connectivity index is 1.82. The van der Waals surface area contributed by atoms with E-state index in [0.29, 0.717) is 6.61 Å². The summed E-state index contributed by atoms with van der Waals surface area (Å²) in [6, 6.07) is 14.2. The summed E-state index contributed by atoms with van der Waals surface area (Å²) in [4.78, 5) is 10.8. The first kappa shape index (κ1) is 17.8. The summed E-state index contributed by atoms with van der Waals surface area (Å²) < 4.78 is 0. The van der Waals surface area contributed by atoms with Gasteiger partial charge in [-0.05, 0) is 41.7 Å². The van der Waals surface area contributed by atoms with Crippen LogP contribution in [-0.2, 0) is 24.3 Å². The van der Waals surface area contributed by atoms with E-state index in [-0.39, 0.29) is 0 Å². The molecule has 1 N–H and O–H groups in total. The van der Waals surface area contributed by atoms with E-state index in [4.69, 9.17) is 21.4 Å². The standard InChI is InChI=1S/C20H24ClN3O/c1-3-16-12-18(21)13-17(4-2)19(16)23-20-22-10-11-24(20)25-14-15-8-6-5-7-9-15/h5-9,12-13H,3-4,10-11,14H2,1-2H3,(H,22,23). The van der Waals surface area contributed by atoms with Crippen molar-refractivity contribution < 1.29 is 4.84 Å². The number of hydrogen-bond acceptors (Lipinski definition) is 2. The summed E-state index contributed by atoms with van der Waals surface area (Å²) in [5, 5.41) is 5.95. The van der Waals surface area contributed by atoms with Crippen molar-refractivity contribution in [1.82, 2.24) is 10.4 Å². The van der Waals surface area contributed by atoms with E-state index >= 15 is 0 Å². The maximum Gasteiger partial charge on any atom is 0.223 e. The highest BCUT2D eigenvalue weighted by Crippen LogP contribution is 2.30. The molecule has 1 aliphatic rings. The van der Waals surface area contributed by atoms with Crippen molar-refractivity contribution >= 4 is 23.2 Å². The summed E-state index contributed by atoms with van der Waals surface area (Å²) in [6.07, 6.45) is 1.79. The zero-order valence-electron chi connectivity index (χ0n) is 14.8. The van der Waals surface area contributed by atoms with Gasteiger partial charge in [-0.2, -0.15) is 0 Å². The van der Waals surface area contributed by atoms with Gasteiger partial charge in [0.15, 0.2) is 0 Å². The first-order valence-corrected chi connectivity index (χ1v) is 9.17. The van der Waals surface area contributed by atoms with Crippen molar-refractivity contribution in [3.05, 3.63) is 64.2 Å². The van der Waals surface area contributed by atoms with Crippen molar-refractivity contribution in [2.75, 3.05) is 13.1 Å². The molecular weight excluding hydrogens is 334 g/mol. The molecule has 0 atom stereocenters. The summed E-state index contributed by atoms with van der Waals surface area (Å²) in [7, 11) is 0. The van der Waals surface area contributed by atoms with Crippen molar-refractivity contribution in [2.45, 2.75) is 33.3 Å². The van der Waals surface area contributed by atoms with Crippen LogP contribution >= 0.6 is 11.6 Å². The second-order valence-corrected chi connectivity index (χ2v) is 6.44. The smallest absolute Gasteiger partial charge is 0.223 e. The third-order valence-corrected chi connectivity index (χ3v) is 4.49. The lowest BCUT2D eigenvalue weighted by Gasteiger charge is -2.18. The van der Waals surface area contributed by atoms with Crippen LogP contribution in [0.5, 0.6) is 0 Å². The molecule has 0 aliphatic carbocycles. The third-order valence-electron chi connectivity index (χ3n) is 4.28. The van der Waals surface area contributed by atoms with Crippen molar-refractivity contribution in [2.24, 2.45) is 4.99 Å². The van der Waals surface area contributed by atoms with Gasteiger partial charge in [-0.3, -0.25) is 4.84 Å². The Morgan fingerprint density at radius 3 is 2.44 bits per heavy atom. The van der Waals surface area contributed by atoms with Crippen LogP contribution in [0.2, 0.25) is 5.02 Å². The van der Waals surface area contributed by atoms with Crippen LogP contribution in [0.4, 0.5) is 5.69 Å². The molecule has 0 saturated carbocycles. The normalized spacial score (nSPS) is 15.6. The number of hydrogen-bond donors (Lipinski definition) is 1. The summed E-state index contributed by atoms with van der Waals surface area (Å²) >= 11 is 6.24. The van der Waals surface area contributed by atoms with Gasteiger partial charge in [0.25, 0.3) is 0 Å². The molecule has 0 radical (unpaired) electrons. The monoisotopic (exact) mass is 357 g/mol. The number of halogens is 1. The van der Waals surface area contributed by atoms with E-state index in [1.54, 1.807) is 0 Å². The first-order chi connectivity index (χ1) is 12.2. The second-order valence-electron chi connectivity index (χ2n) is 6.00. The fraction of sp³-hybridized carbons (Fsp3) is 0.350. The molecule has 0 aromatic heterocycles. The van der Waals surface area contributed by atoms with E-state index in [9.17, 15) is 0 Å². The number of aliphatic imine (C=N–C) groups is 1. The molecule has 132 valence electrons. The molecule has 2 aromatic rings.